The van der Waals surface area contributed by atoms with Gasteiger partial charge in [0.2, 0.25) is 0 Å². The molecular formula is C15H16N2O3. The van der Waals surface area contributed by atoms with Gasteiger partial charge in [0.15, 0.2) is 5.76 Å². The second-order valence-corrected chi connectivity index (χ2v) is 5.08. The second-order valence-electron chi connectivity index (χ2n) is 5.08. The molecule has 2 aromatic rings. The molecule has 104 valence electrons. The quantitative estimate of drug-likeness (QED) is 0.782. The molecule has 0 spiro atoms. The van der Waals surface area contributed by atoms with Crippen LogP contribution in [0.2, 0.25) is 0 Å². The van der Waals surface area contributed by atoms with Gasteiger partial charge in [0, 0.05) is 26.2 Å². The number of carbonyl (C=O) groups excluding carboxylic acids is 1. The van der Waals surface area contributed by atoms with E-state index in [1.54, 1.807) is 23.1 Å². The Morgan fingerprint density at radius 3 is 2.60 bits per heavy atom. The van der Waals surface area contributed by atoms with Gasteiger partial charge in [-0.25, -0.2) is 4.79 Å². The van der Waals surface area contributed by atoms with E-state index in [4.69, 9.17) is 4.42 Å². The fourth-order valence-electron chi connectivity index (χ4n) is 2.41. The number of rotatable bonds is 1. The van der Waals surface area contributed by atoms with Crippen LogP contribution in [-0.2, 0) is 0 Å². The van der Waals surface area contributed by atoms with E-state index in [2.05, 4.69) is 4.90 Å². The molecule has 1 fully saturated rings. The van der Waals surface area contributed by atoms with Crippen LogP contribution < -0.4 is 5.63 Å². The number of carbonyl (C=O) groups is 1. The summed E-state index contributed by atoms with van der Waals surface area (Å²) in [5.74, 6) is -0.0841. The van der Waals surface area contributed by atoms with Gasteiger partial charge in [-0.3, -0.25) is 4.79 Å². The third-order valence-corrected chi connectivity index (χ3v) is 3.67. The number of amides is 1. The minimum absolute atomic E-state index is 0.123. The lowest BCUT2D eigenvalue weighted by atomic mass is 10.1. The maximum absolute atomic E-state index is 12.4. The summed E-state index contributed by atoms with van der Waals surface area (Å²) in [6.07, 6.45) is 0. The lowest BCUT2D eigenvalue weighted by Gasteiger charge is -2.31. The fraction of sp³-hybridized carbons (Fsp3) is 0.333. The third-order valence-electron chi connectivity index (χ3n) is 3.67. The minimum atomic E-state index is -0.458. The number of fused-ring (bicyclic) bond motifs is 1. The highest BCUT2D eigenvalue weighted by Gasteiger charge is 2.22. The van der Waals surface area contributed by atoms with E-state index in [1.165, 1.54) is 0 Å². The maximum Gasteiger partial charge on any atom is 0.344 e. The summed E-state index contributed by atoms with van der Waals surface area (Å²) >= 11 is 0. The van der Waals surface area contributed by atoms with Crippen LogP contribution in [0.1, 0.15) is 10.6 Å². The van der Waals surface area contributed by atoms with Gasteiger partial charge < -0.3 is 14.2 Å². The van der Waals surface area contributed by atoms with Gasteiger partial charge in [-0.05, 0) is 24.6 Å². The first-order valence-electron chi connectivity index (χ1n) is 6.66. The molecule has 0 bridgehead atoms. The predicted molar refractivity (Wildman–Crippen MR) is 75.9 cm³/mol. The van der Waals surface area contributed by atoms with Crippen LogP contribution in [0.15, 0.2) is 39.5 Å². The molecule has 1 amide bonds. The van der Waals surface area contributed by atoms with Crippen molar-refractivity contribution in [2.45, 2.75) is 0 Å². The van der Waals surface area contributed by atoms with Gasteiger partial charge in [0.25, 0.3) is 5.91 Å². The van der Waals surface area contributed by atoms with Crippen molar-refractivity contribution in [3.8, 4) is 0 Å². The molecule has 1 aromatic carbocycles. The van der Waals surface area contributed by atoms with E-state index in [9.17, 15) is 9.59 Å². The summed E-state index contributed by atoms with van der Waals surface area (Å²) in [5, 5.41) is 1.24. The van der Waals surface area contributed by atoms with Crippen molar-refractivity contribution >= 4 is 16.7 Å². The van der Waals surface area contributed by atoms with E-state index in [1.807, 2.05) is 19.2 Å². The Labute approximate surface area is 116 Å². The minimum Gasteiger partial charge on any atom is -0.417 e. The van der Waals surface area contributed by atoms with Gasteiger partial charge in [-0.1, -0.05) is 18.2 Å². The summed E-state index contributed by atoms with van der Waals surface area (Å²) in [6.45, 7) is 2.99. The van der Waals surface area contributed by atoms with Crippen molar-refractivity contribution in [2.24, 2.45) is 0 Å². The van der Waals surface area contributed by atoms with E-state index in [0.29, 0.717) is 18.5 Å². The zero-order valence-electron chi connectivity index (χ0n) is 11.3. The van der Waals surface area contributed by atoms with Crippen molar-refractivity contribution in [3.05, 3.63) is 46.5 Å². The van der Waals surface area contributed by atoms with Gasteiger partial charge in [-0.2, -0.15) is 0 Å². The van der Waals surface area contributed by atoms with E-state index in [-0.39, 0.29) is 11.7 Å². The Hall–Kier alpha value is -2.14. The maximum atomic E-state index is 12.4. The zero-order valence-corrected chi connectivity index (χ0v) is 11.3. The summed E-state index contributed by atoms with van der Waals surface area (Å²) in [6, 6.07) is 8.78. The molecule has 0 unspecified atom stereocenters. The highest BCUT2D eigenvalue weighted by Crippen LogP contribution is 2.14. The lowest BCUT2D eigenvalue weighted by Crippen LogP contribution is -2.47. The monoisotopic (exact) mass is 272 g/mol. The number of likely N-dealkylation sites (N-methyl/N-ethyl adjacent to an activating group) is 1. The molecule has 0 N–H and O–H groups in total. The van der Waals surface area contributed by atoms with E-state index in [0.717, 1.165) is 18.5 Å². The number of benzene rings is 1. The van der Waals surface area contributed by atoms with E-state index >= 15 is 0 Å². The third kappa shape index (κ3) is 2.32. The number of piperazine rings is 1. The Bertz CT molecular complexity index is 700. The molecule has 20 heavy (non-hydrogen) atoms. The fourth-order valence-corrected chi connectivity index (χ4v) is 2.41. The summed E-state index contributed by atoms with van der Waals surface area (Å²) in [4.78, 5) is 28.2. The SMILES string of the molecule is CN1CCN(C(=O)c2cc3ccccc3c(=O)o2)CC1. The molecule has 5 nitrogen and oxygen atoms in total. The van der Waals surface area contributed by atoms with E-state index < -0.39 is 5.63 Å². The van der Waals surface area contributed by atoms with Gasteiger partial charge in [0.1, 0.15) is 0 Å². The molecule has 0 aliphatic carbocycles. The average molecular weight is 272 g/mol. The first-order chi connectivity index (χ1) is 9.65. The highest BCUT2D eigenvalue weighted by atomic mass is 16.4. The second kappa shape index (κ2) is 5.09. The Balaban J connectivity index is 1.94. The summed E-state index contributed by atoms with van der Waals surface area (Å²) in [7, 11) is 2.03. The molecule has 0 atom stereocenters. The first-order valence-corrected chi connectivity index (χ1v) is 6.66. The average Bonchev–Trinajstić information content (AvgIpc) is 2.47. The Morgan fingerprint density at radius 1 is 1.15 bits per heavy atom. The smallest absolute Gasteiger partial charge is 0.344 e. The van der Waals surface area contributed by atoms with Crippen LogP contribution in [0.25, 0.3) is 10.8 Å². The predicted octanol–water partition coefficient (Wildman–Crippen LogP) is 1.18. The molecule has 1 aliphatic rings. The number of hydrogen-bond acceptors (Lipinski definition) is 4. The van der Waals surface area contributed by atoms with Crippen LogP contribution >= 0.6 is 0 Å². The van der Waals surface area contributed by atoms with Crippen LogP contribution in [0.3, 0.4) is 0 Å². The summed E-state index contributed by atoms with van der Waals surface area (Å²) in [5.41, 5.74) is -0.458. The van der Waals surface area contributed by atoms with Crippen molar-refractivity contribution in [1.29, 1.82) is 0 Å². The van der Waals surface area contributed by atoms with Crippen molar-refractivity contribution in [1.82, 2.24) is 9.80 Å². The molecule has 2 heterocycles. The van der Waals surface area contributed by atoms with Gasteiger partial charge in [0.05, 0.1) is 5.39 Å². The molecule has 1 saturated heterocycles. The van der Waals surface area contributed by atoms with Crippen LogP contribution in [0.4, 0.5) is 0 Å². The molecular weight excluding hydrogens is 256 g/mol. The Kier molecular flexibility index (Phi) is 3.28. The lowest BCUT2D eigenvalue weighted by molar-refractivity contribution is 0.0628. The highest BCUT2D eigenvalue weighted by molar-refractivity contribution is 5.95. The van der Waals surface area contributed by atoms with Crippen molar-refractivity contribution in [2.75, 3.05) is 33.2 Å². The normalized spacial score (nSPS) is 16.6. The number of nitrogens with zero attached hydrogens (tertiary/aromatic N) is 2. The van der Waals surface area contributed by atoms with Gasteiger partial charge >= 0.3 is 5.63 Å². The molecule has 0 saturated carbocycles. The molecule has 5 heteroatoms. The number of hydrogen-bond donors (Lipinski definition) is 0. The van der Waals surface area contributed by atoms with Gasteiger partial charge in [-0.15, -0.1) is 0 Å². The summed E-state index contributed by atoms with van der Waals surface area (Å²) < 4.78 is 5.17. The molecule has 0 radical (unpaired) electrons. The largest absolute Gasteiger partial charge is 0.417 e. The van der Waals surface area contributed by atoms with Crippen LogP contribution in [0, 0.1) is 0 Å². The Morgan fingerprint density at radius 2 is 1.85 bits per heavy atom. The molecule has 1 aromatic heterocycles. The standard InChI is InChI=1S/C15H16N2O3/c1-16-6-8-17(9-7-16)14(18)13-10-11-4-2-3-5-12(11)15(19)20-13/h2-5,10H,6-9H2,1H3. The van der Waals surface area contributed by atoms with Crippen molar-refractivity contribution < 1.29 is 9.21 Å². The molecule has 1 aliphatic heterocycles. The van der Waals surface area contributed by atoms with Crippen LogP contribution in [0.5, 0.6) is 0 Å². The zero-order chi connectivity index (χ0) is 14.1. The topological polar surface area (TPSA) is 53.8 Å². The van der Waals surface area contributed by atoms with Crippen LogP contribution in [-0.4, -0.2) is 48.9 Å². The first kappa shape index (κ1) is 12.9. The molecule has 3 rings (SSSR count). The van der Waals surface area contributed by atoms with Crippen molar-refractivity contribution in [3.63, 3.8) is 0 Å².